The van der Waals surface area contributed by atoms with E-state index in [1.54, 1.807) is 30.3 Å². The van der Waals surface area contributed by atoms with E-state index in [4.69, 9.17) is 11.6 Å². The average Bonchev–Trinajstić information content (AvgIpc) is 2.58. The predicted molar refractivity (Wildman–Crippen MR) is 99.1 cm³/mol. The minimum atomic E-state index is -3.57. The Balaban J connectivity index is 0.00000225. The van der Waals surface area contributed by atoms with Crippen LogP contribution in [0.25, 0.3) is 0 Å². The Morgan fingerprint density at radius 2 is 1.56 bits per heavy atom. The molecule has 0 radical (unpaired) electrons. The minimum Gasteiger partial charge on any atom is -0.296 e. The van der Waals surface area contributed by atoms with Crippen LogP contribution in [0, 0.1) is 5.82 Å². The maximum Gasteiger partial charge on any atom is 0.244 e. The van der Waals surface area contributed by atoms with Crippen molar-refractivity contribution in [2.45, 2.75) is 11.4 Å². The number of benzene rings is 2. The molecular weight excluding hydrogens is 386 g/mol. The van der Waals surface area contributed by atoms with Gasteiger partial charge >= 0.3 is 0 Å². The molecule has 1 saturated heterocycles. The normalized spacial score (nSPS) is 16.4. The summed E-state index contributed by atoms with van der Waals surface area (Å²) in [4.78, 5) is 2.31. The fraction of sp³-hybridized carbons (Fsp3) is 0.294. The smallest absolute Gasteiger partial charge is 0.244 e. The Labute approximate surface area is 158 Å². The molecule has 1 aliphatic heterocycles. The molecule has 3 rings (SSSR count). The molecule has 2 aromatic rings. The zero-order chi connectivity index (χ0) is 17.2. The van der Waals surface area contributed by atoms with Crippen molar-refractivity contribution in [1.82, 2.24) is 9.21 Å². The van der Waals surface area contributed by atoms with Crippen LogP contribution in [0.4, 0.5) is 4.39 Å². The van der Waals surface area contributed by atoms with Crippen LogP contribution in [0.3, 0.4) is 0 Å². The number of hydrogen-bond donors (Lipinski definition) is 0. The first kappa shape index (κ1) is 20.1. The Kier molecular flexibility index (Phi) is 6.82. The fourth-order valence-electron chi connectivity index (χ4n) is 2.77. The van der Waals surface area contributed by atoms with Gasteiger partial charge in [0.05, 0.1) is 5.02 Å². The largest absolute Gasteiger partial charge is 0.296 e. The molecule has 1 heterocycles. The lowest BCUT2D eigenvalue weighted by Gasteiger charge is -2.34. The van der Waals surface area contributed by atoms with Crippen molar-refractivity contribution in [3.8, 4) is 0 Å². The van der Waals surface area contributed by atoms with Crippen LogP contribution >= 0.6 is 24.0 Å². The molecular formula is C17H19Cl2FN2O2S. The minimum absolute atomic E-state index is 0. The summed E-state index contributed by atoms with van der Waals surface area (Å²) in [6.07, 6.45) is 0. The highest BCUT2D eigenvalue weighted by molar-refractivity contribution is 7.89. The Hall–Kier alpha value is -1.18. The van der Waals surface area contributed by atoms with Crippen LogP contribution in [0.15, 0.2) is 53.4 Å². The molecule has 0 saturated carbocycles. The Morgan fingerprint density at radius 1 is 0.960 bits per heavy atom. The first-order valence-corrected chi connectivity index (χ1v) is 9.50. The third kappa shape index (κ3) is 4.71. The van der Waals surface area contributed by atoms with E-state index in [0.29, 0.717) is 32.7 Å². The van der Waals surface area contributed by atoms with Gasteiger partial charge in [-0.1, -0.05) is 35.9 Å². The average molecular weight is 405 g/mol. The van der Waals surface area contributed by atoms with Crippen LogP contribution < -0.4 is 0 Å². The van der Waals surface area contributed by atoms with Gasteiger partial charge in [0.25, 0.3) is 0 Å². The first-order chi connectivity index (χ1) is 11.5. The highest BCUT2D eigenvalue weighted by Gasteiger charge is 2.29. The van der Waals surface area contributed by atoms with Gasteiger partial charge in [0, 0.05) is 32.7 Å². The second kappa shape index (κ2) is 8.47. The van der Waals surface area contributed by atoms with Crippen LogP contribution in [-0.4, -0.2) is 43.8 Å². The van der Waals surface area contributed by atoms with Gasteiger partial charge in [-0.05, 0) is 29.8 Å². The summed E-state index contributed by atoms with van der Waals surface area (Å²) in [6, 6.07) is 12.9. The maximum absolute atomic E-state index is 12.9. The van der Waals surface area contributed by atoms with Crippen LogP contribution in [-0.2, 0) is 16.6 Å². The van der Waals surface area contributed by atoms with Crippen molar-refractivity contribution in [3.63, 3.8) is 0 Å². The van der Waals surface area contributed by atoms with E-state index in [9.17, 15) is 12.8 Å². The van der Waals surface area contributed by atoms with E-state index >= 15 is 0 Å². The van der Waals surface area contributed by atoms with E-state index in [1.807, 2.05) is 0 Å². The molecule has 1 aliphatic rings. The highest BCUT2D eigenvalue weighted by atomic mass is 35.5. The summed E-state index contributed by atoms with van der Waals surface area (Å²) >= 11 is 6.03. The van der Waals surface area contributed by atoms with Crippen molar-refractivity contribution in [1.29, 1.82) is 0 Å². The Bertz CT molecular complexity index is 808. The van der Waals surface area contributed by atoms with Gasteiger partial charge < -0.3 is 0 Å². The van der Waals surface area contributed by atoms with E-state index < -0.39 is 10.0 Å². The number of piperazine rings is 1. The van der Waals surface area contributed by atoms with Gasteiger partial charge in [0.2, 0.25) is 10.0 Å². The summed E-state index contributed by atoms with van der Waals surface area (Å²) in [7, 11) is -3.57. The standard InChI is InChI=1S/C17H18ClFN2O2S.ClH/c18-16-3-1-2-4-17(16)24(22,23)21-11-9-20(10-12-21)13-14-5-7-15(19)8-6-14;/h1-8H,9-13H2;1H. The molecule has 0 aliphatic carbocycles. The molecule has 0 unspecified atom stereocenters. The monoisotopic (exact) mass is 404 g/mol. The number of hydrogen-bond acceptors (Lipinski definition) is 3. The van der Waals surface area contributed by atoms with Crippen LogP contribution in [0.1, 0.15) is 5.56 Å². The number of sulfonamides is 1. The molecule has 136 valence electrons. The van der Waals surface area contributed by atoms with Gasteiger partial charge in [-0.2, -0.15) is 4.31 Å². The predicted octanol–water partition coefficient (Wildman–Crippen LogP) is 3.41. The lowest BCUT2D eigenvalue weighted by atomic mass is 10.2. The quantitative estimate of drug-likeness (QED) is 0.783. The van der Waals surface area contributed by atoms with Gasteiger partial charge in [0.1, 0.15) is 10.7 Å². The summed E-state index contributed by atoms with van der Waals surface area (Å²) in [5.74, 6) is -0.255. The second-order valence-electron chi connectivity index (χ2n) is 5.74. The zero-order valence-electron chi connectivity index (χ0n) is 13.4. The summed E-state index contributed by atoms with van der Waals surface area (Å²) in [5, 5.41) is 0.242. The van der Waals surface area contributed by atoms with Gasteiger partial charge in [0.15, 0.2) is 0 Å². The third-order valence-electron chi connectivity index (χ3n) is 4.11. The van der Waals surface area contributed by atoms with Crippen molar-refractivity contribution < 1.29 is 12.8 Å². The lowest BCUT2D eigenvalue weighted by Crippen LogP contribution is -2.48. The summed E-state index contributed by atoms with van der Waals surface area (Å²) in [6.45, 7) is 2.76. The highest BCUT2D eigenvalue weighted by Crippen LogP contribution is 2.25. The van der Waals surface area contributed by atoms with Crippen molar-refractivity contribution in [2.24, 2.45) is 0 Å². The van der Waals surface area contributed by atoms with E-state index in [-0.39, 0.29) is 28.1 Å². The number of halogens is 3. The van der Waals surface area contributed by atoms with Gasteiger partial charge in [-0.3, -0.25) is 4.90 Å². The molecule has 1 fully saturated rings. The number of rotatable bonds is 4. The van der Waals surface area contributed by atoms with Crippen LogP contribution in [0.2, 0.25) is 5.02 Å². The molecule has 25 heavy (non-hydrogen) atoms. The molecule has 0 spiro atoms. The van der Waals surface area contributed by atoms with Crippen molar-refractivity contribution in [2.75, 3.05) is 26.2 Å². The molecule has 4 nitrogen and oxygen atoms in total. The van der Waals surface area contributed by atoms with E-state index in [2.05, 4.69) is 4.90 Å². The first-order valence-electron chi connectivity index (χ1n) is 7.68. The molecule has 2 aromatic carbocycles. The molecule has 0 aromatic heterocycles. The summed E-state index contributed by atoms with van der Waals surface area (Å²) in [5.41, 5.74) is 1.01. The van der Waals surface area contributed by atoms with Gasteiger partial charge in [-0.15, -0.1) is 12.4 Å². The van der Waals surface area contributed by atoms with E-state index in [1.165, 1.54) is 22.5 Å². The van der Waals surface area contributed by atoms with Crippen molar-refractivity contribution >= 4 is 34.0 Å². The zero-order valence-corrected chi connectivity index (χ0v) is 15.8. The lowest BCUT2D eigenvalue weighted by molar-refractivity contribution is 0.181. The number of nitrogens with zero attached hydrogens (tertiary/aromatic N) is 2. The molecule has 0 N–H and O–H groups in total. The molecule has 0 amide bonds. The topological polar surface area (TPSA) is 40.6 Å². The van der Waals surface area contributed by atoms with Gasteiger partial charge in [-0.25, -0.2) is 12.8 Å². The third-order valence-corrected chi connectivity index (χ3v) is 6.50. The summed E-state index contributed by atoms with van der Waals surface area (Å²) < 4.78 is 39.8. The van der Waals surface area contributed by atoms with Crippen molar-refractivity contribution in [3.05, 3.63) is 64.9 Å². The molecule has 8 heteroatoms. The second-order valence-corrected chi connectivity index (χ2v) is 8.05. The molecule has 0 bridgehead atoms. The van der Waals surface area contributed by atoms with E-state index in [0.717, 1.165) is 5.56 Å². The SMILES string of the molecule is Cl.O=S(=O)(c1ccccc1Cl)N1CCN(Cc2ccc(F)cc2)CC1. The fourth-order valence-corrected chi connectivity index (χ4v) is 4.68. The maximum atomic E-state index is 12.9. The molecule has 0 atom stereocenters. The Morgan fingerprint density at radius 3 is 2.16 bits per heavy atom. The van der Waals surface area contributed by atoms with Crippen LogP contribution in [0.5, 0.6) is 0 Å².